The number of nitrogens with one attached hydrogen (secondary N) is 2. The molecule has 3 aromatic rings. The number of hydrogen-bond acceptors (Lipinski definition) is 8. The van der Waals surface area contributed by atoms with E-state index in [0.717, 1.165) is 57.8 Å². The van der Waals surface area contributed by atoms with Crippen molar-refractivity contribution in [1.82, 2.24) is 24.9 Å². The Morgan fingerprint density at radius 2 is 1.64 bits per heavy atom. The van der Waals surface area contributed by atoms with Crippen LogP contribution < -0.4 is 21.1 Å². The molecular weight excluding hydrogens is 578 g/mol. The van der Waals surface area contributed by atoms with Crippen LogP contribution in [0.3, 0.4) is 0 Å². The second kappa shape index (κ2) is 13.1. The van der Waals surface area contributed by atoms with Gasteiger partial charge in [0.1, 0.15) is 5.02 Å². The van der Waals surface area contributed by atoms with Crippen LogP contribution in [-0.4, -0.2) is 83.8 Å². The number of anilines is 2. The zero-order valence-corrected chi connectivity index (χ0v) is 26.1. The van der Waals surface area contributed by atoms with Gasteiger partial charge < -0.3 is 15.1 Å². The Balaban J connectivity index is 1.00. The number of amides is 2. The van der Waals surface area contributed by atoms with Crippen LogP contribution in [0, 0.1) is 0 Å². The summed E-state index contributed by atoms with van der Waals surface area (Å²) in [6, 6.07) is 17.5. The van der Waals surface area contributed by atoms with Gasteiger partial charge in [-0.15, -0.1) is 0 Å². The summed E-state index contributed by atoms with van der Waals surface area (Å²) in [5.74, 6) is -0.240. The number of likely N-dealkylation sites (N-methyl/N-ethyl adjacent to an activating group) is 1. The number of halogens is 1. The maximum absolute atomic E-state index is 12.2. The number of carbonyl (C=O) groups excluding carboxylic acids is 2. The first kappa shape index (κ1) is 30.3. The van der Waals surface area contributed by atoms with Crippen molar-refractivity contribution < 1.29 is 9.59 Å². The molecule has 0 saturated carbocycles. The van der Waals surface area contributed by atoms with Crippen molar-refractivity contribution in [1.29, 1.82) is 0 Å². The van der Waals surface area contributed by atoms with Crippen LogP contribution in [-0.2, 0) is 23.2 Å². The van der Waals surface area contributed by atoms with Gasteiger partial charge in [-0.25, -0.2) is 4.68 Å². The van der Waals surface area contributed by atoms with Crippen LogP contribution in [0.2, 0.25) is 5.02 Å². The molecule has 232 valence electrons. The summed E-state index contributed by atoms with van der Waals surface area (Å²) in [6.45, 7) is 6.64. The summed E-state index contributed by atoms with van der Waals surface area (Å²) in [5, 5.41) is 10.2. The fourth-order valence-corrected chi connectivity index (χ4v) is 6.97. The van der Waals surface area contributed by atoms with Crippen molar-refractivity contribution in [2.75, 3.05) is 56.5 Å². The highest BCUT2D eigenvalue weighted by Crippen LogP contribution is 2.30. The molecule has 0 radical (unpaired) electrons. The molecule has 3 aliphatic heterocycles. The van der Waals surface area contributed by atoms with Crippen molar-refractivity contribution in [3.05, 3.63) is 86.8 Å². The SMILES string of the molecule is CN1CC(Nc2cnn(C)c(=O)c2Cl)CC(c2ccc(CN3CCN(c4ccc(C5CCC(=O)NC5=O)cc4)CC3)cc2)C1. The van der Waals surface area contributed by atoms with Gasteiger partial charge in [-0.2, -0.15) is 5.10 Å². The summed E-state index contributed by atoms with van der Waals surface area (Å²) in [6.07, 6.45) is 3.54. The van der Waals surface area contributed by atoms with Crippen LogP contribution in [0.25, 0.3) is 0 Å². The van der Waals surface area contributed by atoms with E-state index < -0.39 is 0 Å². The average molecular weight is 618 g/mol. The maximum Gasteiger partial charge on any atom is 0.287 e. The molecule has 0 bridgehead atoms. The van der Waals surface area contributed by atoms with Gasteiger partial charge in [-0.3, -0.25) is 24.6 Å². The average Bonchev–Trinajstić information content (AvgIpc) is 3.02. The number of aryl methyl sites for hydroxylation is 1. The van der Waals surface area contributed by atoms with Gasteiger partial charge in [-0.05, 0) is 54.6 Å². The first-order chi connectivity index (χ1) is 21.2. The third kappa shape index (κ3) is 6.82. The molecule has 2 aromatic carbocycles. The zero-order valence-electron chi connectivity index (χ0n) is 25.3. The standard InChI is InChI=1S/C33H40ClN7O3/c1-38-20-25(17-26(21-38)36-29-18-35-39(2)33(44)31(29)34)23-5-3-22(4-6-23)19-40-13-15-41(16-14-40)27-9-7-24(8-10-27)28-11-12-30(42)37-32(28)43/h3-10,18,25-26,28,36H,11-17,19-21H2,1-2H3,(H,37,42,43). The van der Waals surface area contributed by atoms with Gasteiger partial charge >= 0.3 is 0 Å². The number of nitrogens with zero attached hydrogens (tertiary/aromatic N) is 5. The van der Waals surface area contributed by atoms with Crippen molar-refractivity contribution in [3.8, 4) is 0 Å². The summed E-state index contributed by atoms with van der Waals surface area (Å²) < 4.78 is 1.25. The Morgan fingerprint density at radius 1 is 0.932 bits per heavy atom. The molecule has 10 nitrogen and oxygen atoms in total. The number of piperazine rings is 1. The van der Waals surface area contributed by atoms with E-state index in [-0.39, 0.29) is 34.4 Å². The van der Waals surface area contributed by atoms with Gasteiger partial charge in [-0.1, -0.05) is 48.0 Å². The van der Waals surface area contributed by atoms with Crippen molar-refractivity contribution >= 4 is 34.8 Å². The lowest BCUT2D eigenvalue weighted by molar-refractivity contribution is -0.134. The van der Waals surface area contributed by atoms with E-state index in [1.807, 2.05) is 12.1 Å². The smallest absolute Gasteiger partial charge is 0.287 e. The lowest BCUT2D eigenvalue weighted by Gasteiger charge is -2.37. The van der Waals surface area contributed by atoms with E-state index in [1.54, 1.807) is 13.2 Å². The molecule has 2 N–H and O–H groups in total. The topological polar surface area (TPSA) is 103 Å². The van der Waals surface area contributed by atoms with Crippen LogP contribution >= 0.6 is 11.6 Å². The molecule has 0 aliphatic carbocycles. The summed E-state index contributed by atoms with van der Waals surface area (Å²) >= 11 is 6.31. The number of aromatic nitrogens is 2. The molecule has 44 heavy (non-hydrogen) atoms. The third-order valence-electron chi connectivity index (χ3n) is 9.20. The van der Waals surface area contributed by atoms with Crippen LogP contribution in [0.15, 0.2) is 59.5 Å². The fraction of sp³-hybridized carbons (Fsp3) is 0.455. The first-order valence-electron chi connectivity index (χ1n) is 15.4. The van der Waals surface area contributed by atoms with Gasteiger partial charge in [0.05, 0.1) is 17.8 Å². The highest BCUT2D eigenvalue weighted by Gasteiger charge is 2.29. The molecule has 4 heterocycles. The molecule has 11 heteroatoms. The first-order valence-corrected chi connectivity index (χ1v) is 15.8. The monoisotopic (exact) mass is 617 g/mol. The van der Waals surface area contributed by atoms with Gasteiger partial charge in [0.15, 0.2) is 0 Å². The number of benzene rings is 2. The second-order valence-electron chi connectivity index (χ2n) is 12.4. The molecule has 3 atom stereocenters. The predicted molar refractivity (Wildman–Crippen MR) is 172 cm³/mol. The quantitative estimate of drug-likeness (QED) is 0.390. The molecule has 2 amide bonds. The van der Waals surface area contributed by atoms with Crippen LogP contribution in [0.1, 0.15) is 47.8 Å². The van der Waals surface area contributed by atoms with E-state index in [0.29, 0.717) is 24.4 Å². The fourth-order valence-electron chi connectivity index (χ4n) is 6.74. The zero-order chi connectivity index (χ0) is 30.8. The summed E-state index contributed by atoms with van der Waals surface area (Å²) in [7, 11) is 3.73. The Morgan fingerprint density at radius 3 is 2.34 bits per heavy atom. The Bertz CT molecular complexity index is 1550. The van der Waals surface area contributed by atoms with Crippen molar-refractivity contribution in [3.63, 3.8) is 0 Å². The van der Waals surface area contributed by atoms with Crippen LogP contribution in [0.4, 0.5) is 11.4 Å². The highest BCUT2D eigenvalue weighted by atomic mass is 35.5. The third-order valence-corrected chi connectivity index (χ3v) is 9.57. The largest absolute Gasteiger partial charge is 0.378 e. The number of hydrogen-bond donors (Lipinski definition) is 2. The van der Waals surface area contributed by atoms with Gasteiger partial charge in [0.25, 0.3) is 5.56 Å². The molecule has 6 rings (SSSR count). The van der Waals surface area contributed by atoms with Gasteiger partial charge in [0.2, 0.25) is 11.8 Å². The Hall–Kier alpha value is -3.73. The summed E-state index contributed by atoms with van der Waals surface area (Å²) in [4.78, 5) is 43.1. The number of imide groups is 1. The molecule has 3 fully saturated rings. The number of carbonyl (C=O) groups is 2. The molecular formula is C33H40ClN7O3. The number of piperidine rings is 2. The second-order valence-corrected chi connectivity index (χ2v) is 12.8. The Kier molecular flexibility index (Phi) is 9.02. The van der Waals surface area contributed by atoms with E-state index >= 15 is 0 Å². The van der Waals surface area contributed by atoms with Crippen LogP contribution in [0.5, 0.6) is 0 Å². The van der Waals surface area contributed by atoms with E-state index in [9.17, 15) is 14.4 Å². The van der Waals surface area contributed by atoms with E-state index in [4.69, 9.17) is 11.6 Å². The Labute approximate surface area is 263 Å². The maximum atomic E-state index is 12.2. The van der Waals surface area contributed by atoms with E-state index in [2.05, 4.69) is 73.9 Å². The summed E-state index contributed by atoms with van der Waals surface area (Å²) in [5.41, 5.74) is 5.07. The minimum atomic E-state index is -0.296. The molecule has 3 aliphatic rings. The lowest BCUT2D eigenvalue weighted by Crippen LogP contribution is -2.46. The predicted octanol–water partition coefficient (Wildman–Crippen LogP) is 3.18. The molecule has 3 saturated heterocycles. The molecule has 3 unspecified atom stereocenters. The van der Waals surface area contributed by atoms with Crippen molar-refractivity contribution in [2.45, 2.75) is 43.7 Å². The molecule has 1 aromatic heterocycles. The van der Waals surface area contributed by atoms with E-state index in [1.165, 1.54) is 21.5 Å². The normalized spacial score (nSPS) is 23.4. The highest BCUT2D eigenvalue weighted by molar-refractivity contribution is 6.32. The lowest BCUT2D eigenvalue weighted by atomic mass is 9.87. The number of rotatable bonds is 7. The number of likely N-dealkylation sites (tertiary alicyclic amines) is 1. The molecule has 0 spiro atoms. The van der Waals surface area contributed by atoms with Crippen molar-refractivity contribution in [2.24, 2.45) is 7.05 Å². The minimum absolute atomic E-state index is 0.162. The minimum Gasteiger partial charge on any atom is -0.378 e. The van der Waals surface area contributed by atoms with Gasteiger partial charge in [0, 0.05) is 71.0 Å².